The zero-order valence-electron chi connectivity index (χ0n) is 16.9. The molecule has 0 radical (unpaired) electrons. The number of carbonyl (C=O) groups excluding carboxylic acids is 1. The first-order valence-corrected chi connectivity index (χ1v) is 10.8. The van der Waals surface area contributed by atoms with Crippen LogP contribution in [0.2, 0.25) is 0 Å². The molecule has 1 aromatic rings. The van der Waals surface area contributed by atoms with Crippen LogP contribution >= 0.6 is 0 Å². The Morgan fingerprint density at radius 1 is 0.963 bits per heavy atom. The SMILES string of the molecule is CCN1CCN(c2ccc(NC(=O)CNC3CCCCCCC3)cc2)CC1. The van der Waals surface area contributed by atoms with Crippen LogP contribution < -0.4 is 15.5 Å². The van der Waals surface area contributed by atoms with Crippen molar-refractivity contribution in [2.24, 2.45) is 0 Å². The fourth-order valence-corrected chi connectivity index (χ4v) is 4.18. The molecule has 1 heterocycles. The number of benzene rings is 1. The van der Waals surface area contributed by atoms with Crippen LogP contribution in [-0.4, -0.2) is 56.1 Å². The molecule has 1 saturated carbocycles. The second-order valence-corrected chi connectivity index (χ2v) is 7.94. The van der Waals surface area contributed by atoms with Crippen molar-refractivity contribution >= 4 is 17.3 Å². The Labute approximate surface area is 164 Å². The van der Waals surface area contributed by atoms with Crippen molar-refractivity contribution < 1.29 is 4.79 Å². The van der Waals surface area contributed by atoms with Crippen LogP contribution in [0.15, 0.2) is 24.3 Å². The summed E-state index contributed by atoms with van der Waals surface area (Å²) in [5.74, 6) is 0.0568. The van der Waals surface area contributed by atoms with E-state index in [4.69, 9.17) is 0 Å². The summed E-state index contributed by atoms with van der Waals surface area (Å²) in [5.41, 5.74) is 2.13. The van der Waals surface area contributed by atoms with Gasteiger partial charge in [-0.1, -0.05) is 39.0 Å². The number of anilines is 2. The second-order valence-electron chi connectivity index (χ2n) is 7.94. The minimum atomic E-state index is 0.0568. The molecule has 27 heavy (non-hydrogen) atoms. The summed E-state index contributed by atoms with van der Waals surface area (Å²) in [5, 5.41) is 6.48. The lowest BCUT2D eigenvalue weighted by molar-refractivity contribution is -0.115. The molecule has 2 N–H and O–H groups in total. The summed E-state index contributed by atoms with van der Waals surface area (Å²) in [4.78, 5) is 17.2. The smallest absolute Gasteiger partial charge is 0.238 e. The van der Waals surface area contributed by atoms with E-state index >= 15 is 0 Å². The zero-order valence-corrected chi connectivity index (χ0v) is 16.9. The molecule has 0 unspecified atom stereocenters. The Kier molecular flexibility index (Phi) is 7.96. The molecule has 2 aliphatic rings. The van der Waals surface area contributed by atoms with Crippen molar-refractivity contribution in [2.45, 2.75) is 57.9 Å². The Hall–Kier alpha value is -1.59. The first kappa shape index (κ1) is 20.2. The molecule has 1 aliphatic heterocycles. The lowest BCUT2D eigenvalue weighted by atomic mass is 9.97. The molecule has 1 saturated heterocycles. The molecular weight excluding hydrogens is 336 g/mol. The molecular formula is C22H36N4O. The lowest BCUT2D eigenvalue weighted by Crippen LogP contribution is -2.46. The van der Waals surface area contributed by atoms with E-state index in [1.54, 1.807) is 0 Å². The third-order valence-electron chi connectivity index (χ3n) is 5.99. The summed E-state index contributed by atoms with van der Waals surface area (Å²) in [6.45, 7) is 8.16. The highest BCUT2D eigenvalue weighted by molar-refractivity contribution is 5.92. The summed E-state index contributed by atoms with van der Waals surface area (Å²) in [7, 11) is 0. The van der Waals surface area contributed by atoms with Gasteiger partial charge in [0.2, 0.25) is 5.91 Å². The van der Waals surface area contributed by atoms with E-state index < -0.39 is 0 Å². The largest absolute Gasteiger partial charge is 0.369 e. The average molecular weight is 373 g/mol. The standard InChI is InChI=1S/C22H36N4O/c1-2-25-14-16-26(17-15-25)21-12-10-20(11-13-21)24-22(27)18-23-19-8-6-4-3-5-7-9-19/h10-13,19,23H,2-9,14-18H2,1H3,(H,24,27). The van der Waals surface area contributed by atoms with E-state index in [2.05, 4.69) is 39.5 Å². The van der Waals surface area contributed by atoms with Gasteiger partial charge in [-0.2, -0.15) is 0 Å². The number of hydrogen-bond acceptors (Lipinski definition) is 4. The van der Waals surface area contributed by atoms with E-state index in [-0.39, 0.29) is 5.91 Å². The molecule has 0 atom stereocenters. The first-order chi connectivity index (χ1) is 13.2. The van der Waals surface area contributed by atoms with Crippen molar-refractivity contribution in [3.63, 3.8) is 0 Å². The average Bonchev–Trinajstić information content (AvgIpc) is 2.68. The zero-order chi connectivity index (χ0) is 18.9. The summed E-state index contributed by atoms with van der Waals surface area (Å²) in [6.07, 6.45) is 9.02. The summed E-state index contributed by atoms with van der Waals surface area (Å²) >= 11 is 0. The fraction of sp³-hybridized carbons (Fsp3) is 0.682. The topological polar surface area (TPSA) is 47.6 Å². The second kappa shape index (κ2) is 10.7. The summed E-state index contributed by atoms with van der Waals surface area (Å²) < 4.78 is 0. The molecule has 3 rings (SSSR count). The van der Waals surface area contributed by atoms with E-state index in [9.17, 15) is 4.79 Å². The Morgan fingerprint density at radius 3 is 2.22 bits per heavy atom. The third-order valence-corrected chi connectivity index (χ3v) is 5.99. The molecule has 0 bridgehead atoms. The van der Waals surface area contributed by atoms with Gasteiger partial charge in [-0.25, -0.2) is 0 Å². The number of piperazine rings is 1. The Morgan fingerprint density at radius 2 is 1.59 bits per heavy atom. The molecule has 2 fully saturated rings. The van der Waals surface area contributed by atoms with Crippen LogP contribution in [0.5, 0.6) is 0 Å². The number of rotatable bonds is 6. The highest BCUT2D eigenvalue weighted by Crippen LogP contribution is 2.20. The van der Waals surface area contributed by atoms with Gasteiger partial charge in [-0.05, 0) is 43.7 Å². The number of likely N-dealkylation sites (N-methyl/N-ethyl adjacent to an activating group) is 1. The third kappa shape index (κ3) is 6.51. The highest BCUT2D eigenvalue weighted by Gasteiger charge is 2.16. The van der Waals surface area contributed by atoms with E-state index in [1.807, 2.05) is 12.1 Å². The Balaban J connectivity index is 1.41. The maximum absolute atomic E-state index is 12.3. The number of carbonyl (C=O) groups is 1. The van der Waals surface area contributed by atoms with Crippen LogP contribution in [0.4, 0.5) is 11.4 Å². The van der Waals surface area contributed by atoms with Gasteiger partial charge in [0.1, 0.15) is 0 Å². The van der Waals surface area contributed by atoms with Crippen molar-refractivity contribution in [3.8, 4) is 0 Å². The van der Waals surface area contributed by atoms with Crippen LogP contribution in [0.1, 0.15) is 51.9 Å². The van der Waals surface area contributed by atoms with E-state index in [1.165, 1.54) is 50.6 Å². The molecule has 0 aromatic heterocycles. The normalized spacial score (nSPS) is 20.1. The number of amides is 1. The van der Waals surface area contributed by atoms with Gasteiger partial charge in [0.15, 0.2) is 0 Å². The monoisotopic (exact) mass is 372 g/mol. The van der Waals surface area contributed by atoms with Crippen LogP contribution in [-0.2, 0) is 4.79 Å². The van der Waals surface area contributed by atoms with Gasteiger partial charge in [-0.3, -0.25) is 4.79 Å². The van der Waals surface area contributed by atoms with Gasteiger partial charge in [-0.15, -0.1) is 0 Å². The van der Waals surface area contributed by atoms with E-state index in [0.29, 0.717) is 12.6 Å². The first-order valence-electron chi connectivity index (χ1n) is 10.8. The predicted octanol–water partition coefficient (Wildman–Crippen LogP) is 3.47. The molecule has 1 aliphatic carbocycles. The minimum Gasteiger partial charge on any atom is -0.369 e. The molecule has 0 spiro atoms. The molecule has 1 aromatic carbocycles. The lowest BCUT2D eigenvalue weighted by Gasteiger charge is -2.35. The van der Waals surface area contributed by atoms with E-state index in [0.717, 1.165) is 38.4 Å². The van der Waals surface area contributed by atoms with Crippen molar-refractivity contribution in [2.75, 3.05) is 49.5 Å². The van der Waals surface area contributed by atoms with Gasteiger partial charge in [0, 0.05) is 43.6 Å². The number of nitrogens with zero attached hydrogens (tertiary/aromatic N) is 2. The van der Waals surface area contributed by atoms with Gasteiger partial charge < -0.3 is 20.4 Å². The van der Waals surface area contributed by atoms with Crippen LogP contribution in [0.3, 0.4) is 0 Å². The van der Waals surface area contributed by atoms with Crippen molar-refractivity contribution in [3.05, 3.63) is 24.3 Å². The van der Waals surface area contributed by atoms with Gasteiger partial charge in [0.25, 0.3) is 0 Å². The molecule has 1 amide bonds. The van der Waals surface area contributed by atoms with Gasteiger partial charge >= 0.3 is 0 Å². The molecule has 150 valence electrons. The fourth-order valence-electron chi connectivity index (χ4n) is 4.18. The predicted molar refractivity (Wildman–Crippen MR) is 114 cm³/mol. The maximum Gasteiger partial charge on any atom is 0.238 e. The van der Waals surface area contributed by atoms with Crippen LogP contribution in [0, 0.1) is 0 Å². The molecule has 5 heteroatoms. The quantitative estimate of drug-likeness (QED) is 0.803. The molecule has 5 nitrogen and oxygen atoms in total. The highest BCUT2D eigenvalue weighted by atomic mass is 16.1. The Bertz CT molecular complexity index is 558. The number of hydrogen-bond donors (Lipinski definition) is 2. The van der Waals surface area contributed by atoms with Crippen molar-refractivity contribution in [1.82, 2.24) is 10.2 Å². The maximum atomic E-state index is 12.3. The number of nitrogens with one attached hydrogen (secondary N) is 2. The minimum absolute atomic E-state index is 0.0568. The van der Waals surface area contributed by atoms with Crippen LogP contribution in [0.25, 0.3) is 0 Å². The summed E-state index contributed by atoms with van der Waals surface area (Å²) in [6, 6.07) is 8.80. The van der Waals surface area contributed by atoms with Gasteiger partial charge in [0.05, 0.1) is 6.54 Å². The van der Waals surface area contributed by atoms with Crippen molar-refractivity contribution in [1.29, 1.82) is 0 Å².